The van der Waals surface area contributed by atoms with Crippen molar-refractivity contribution in [3.8, 4) is 0 Å². The van der Waals surface area contributed by atoms with Gasteiger partial charge in [-0.2, -0.15) is 0 Å². The van der Waals surface area contributed by atoms with Crippen LogP contribution in [0, 0.1) is 13.8 Å². The van der Waals surface area contributed by atoms with Gasteiger partial charge in [-0.1, -0.05) is 6.07 Å². The number of pyridine rings is 1. The summed E-state index contributed by atoms with van der Waals surface area (Å²) >= 11 is 0. The lowest BCUT2D eigenvalue weighted by molar-refractivity contribution is 0.0926. The van der Waals surface area contributed by atoms with Crippen molar-refractivity contribution >= 4 is 17.5 Å². The van der Waals surface area contributed by atoms with Crippen LogP contribution in [0.25, 0.3) is 0 Å². The molecule has 0 N–H and O–H groups in total. The van der Waals surface area contributed by atoms with Crippen molar-refractivity contribution < 1.29 is 9.59 Å². The number of benzene rings is 1. The van der Waals surface area contributed by atoms with Gasteiger partial charge in [-0.25, -0.2) is 4.90 Å². The number of rotatable bonds is 1. The van der Waals surface area contributed by atoms with Crippen LogP contribution < -0.4 is 4.90 Å². The van der Waals surface area contributed by atoms with E-state index in [1.54, 1.807) is 12.1 Å². The van der Waals surface area contributed by atoms with Crippen molar-refractivity contribution in [2.24, 2.45) is 0 Å². The van der Waals surface area contributed by atoms with Gasteiger partial charge in [-0.15, -0.1) is 0 Å². The summed E-state index contributed by atoms with van der Waals surface area (Å²) in [4.78, 5) is 29.7. The Morgan fingerprint density at radius 1 is 0.947 bits per heavy atom. The molecule has 4 heteroatoms. The molecular weight excluding hydrogens is 240 g/mol. The summed E-state index contributed by atoms with van der Waals surface area (Å²) < 4.78 is 0. The van der Waals surface area contributed by atoms with Crippen molar-refractivity contribution in [3.63, 3.8) is 0 Å². The van der Waals surface area contributed by atoms with Crippen molar-refractivity contribution in [3.05, 3.63) is 58.9 Å². The molecule has 0 aliphatic carbocycles. The lowest BCUT2D eigenvalue weighted by Gasteiger charge is -2.15. The van der Waals surface area contributed by atoms with Crippen LogP contribution in [-0.2, 0) is 0 Å². The number of carbonyl (C=O) groups excluding carboxylic acids is 2. The summed E-state index contributed by atoms with van der Waals surface area (Å²) in [6, 6.07) is 7.13. The van der Waals surface area contributed by atoms with E-state index in [0.29, 0.717) is 16.8 Å². The smallest absolute Gasteiger partial charge is 0.267 e. The maximum atomic E-state index is 12.3. The molecule has 0 saturated carbocycles. The minimum atomic E-state index is -0.309. The molecule has 1 aromatic heterocycles. The largest absolute Gasteiger partial charge is 0.268 e. The molecule has 0 radical (unpaired) electrons. The van der Waals surface area contributed by atoms with Gasteiger partial charge >= 0.3 is 0 Å². The fourth-order valence-electron chi connectivity index (χ4n) is 2.18. The number of fused-ring (bicyclic) bond motifs is 1. The number of anilines is 1. The van der Waals surface area contributed by atoms with E-state index in [1.807, 2.05) is 26.0 Å². The number of imide groups is 1. The van der Waals surface area contributed by atoms with E-state index in [9.17, 15) is 9.59 Å². The third-order valence-corrected chi connectivity index (χ3v) is 3.44. The topological polar surface area (TPSA) is 50.3 Å². The van der Waals surface area contributed by atoms with Crippen LogP contribution in [0.3, 0.4) is 0 Å². The zero-order valence-corrected chi connectivity index (χ0v) is 10.7. The number of carbonyl (C=O) groups is 2. The van der Waals surface area contributed by atoms with Crippen LogP contribution in [0.5, 0.6) is 0 Å². The molecule has 94 valence electrons. The highest BCUT2D eigenvalue weighted by Crippen LogP contribution is 2.28. The fourth-order valence-corrected chi connectivity index (χ4v) is 2.18. The van der Waals surface area contributed by atoms with Crippen LogP contribution in [0.4, 0.5) is 5.69 Å². The average Bonchev–Trinajstić information content (AvgIpc) is 2.66. The lowest BCUT2D eigenvalue weighted by atomic mass is 10.1. The predicted molar refractivity (Wildman–Crippen MR) is 71.3 cm³/mol. The van der Waals surface area contributed by atoms with Crippen LogP contribution in [0.1, 0.15) is 31.8 Å². The van der Waals surface area contributed by atoms with Gasteiger partial charge in [0.25, 0.3) is 11.8 Å². The van der Waals surface area contributed by atoms with E-state index >= 15 is 0 Å². The van der Waals surface area contributed by atoms with E-state index in [2.05, 4.69) is 4.98 Å². The van der Waals surface area contributed by atoms with E-state index < -0.39 is 0 Å². The number of hydrogen-bond acceptors (Lipinski definition) is 3. The van der Waals surface area contributed by atoms with E-state index in [1.165, 1.54) is 17.3 Å². The summed E-state index contributed by atoms with van der Waals surface area (Å²) in [7, 11) is 0. The number of hydrogen-bond donors (Lipinski definition) is 0. The van der Waals surface area contributed by atoms with E-state index in [4.69, 9.17) is 0 Å². The number of nitrogens with zero attached hydrogens (tertiary/aromatic N) is 2. The highest BCUT2D eigenvalue weighted by Gasteiger charge is 2.36. The van der Waals surface area contributed by atoms with Gasteiger partial charge in [0.2, 0.25) is 0 Å². The molecule has 19 heavy (non-hydrogen) atoms. The maximum Gasteiger partial charge on any atom is 0.267 e. The van der Waals surface area contributed by atoms with Crippen LogP contribution in [0.15, 0.2) is 36.7 Å². The summed E-state index contributed by atoms with van der Waals surface area (Å²) in [6.45, 7) is 3.95. The minimum Gasteiger partial charge on any atom is -0.268 e. The molecule has 1 aromatic carbocycles. The van der Waals surface area contributed by atoms with Crippen LogP contribution in [0.2, 0.25) is 0 Å². The van der Waals surface area contributed by atoms with Crippen molar-refractivity contribution in [1.29, 1.82) is 0 Å². The van der Waals surface area contributed by atoms with E-state index in [-0.39, 0.29) is 11.8 Å². The Balaban J connectivity index is 2.11. The monoisotopic (exact) mass is 252 g/mol. The SMILES string of the molecule is Cc1ccc(N2C(=O)c3ccncc3C2=O)cc1C. The molecule has 2 aromatic rings. The first kappa shape index (κ1) is 11.6. The summed E-state index contributed by atoms with van der Waals surface area (Å²) in [6.07, 6.45) is 2.96. The van der Waals surface area contributed by atoms with Gasteiger partial charge in [0.1, 0.15) is 0 Å². The number of aromatic nitrogens is 1. The summed E-state index contributed by atoms with van der Waals surface area (Å²) in [5.74, 6) is -0.595. The van der Waals surface area contributed by atoms with Crippen molar-refractivity contribution in [2.75, 3.05) is 4.90 Å². The van der Waals surface area contributed by atoms with E-state index in [0.717, 1.165) is 11.1 Å². The molecular formula is C15H12N2O2. The van der Waals surface area contributed by atoms with Gasteiger partial charge < -0.3 is 0 Å². The quantitative estimate of drug-likeness (QED) is 0.733. The normalized spacial score (nSPS) is 13.9. The van der Waals surface area contributed by atoms with Crippen LogP contribution >= 0.6 is 0 Å². The Bertz CT molecular complexity index is 672. The second-order valence-electron chi connectivity index (χ2n) is 4.64. The Hall–Kier alpha value is -2.49. The summed E-state index contributed by atoms with van der Waals surface area (Å²) in [5, 5.41) is 0. The first-order valence-electron chi connectivity index (χ1n) is 5.99. The second kappa shape index (κ2) is 4.02. The molecule has 1 aliphatic heterocycles. The Labute approximate surface area is 110 Å². The molecule has 0 unspecified atom stereocenters. The zero-order valence-electron chi connectivity index (χ0n) is 10.7. The number of amides is 2. The summed E-state index contributed by atoms with van der Waals surface area (Å²) in [5.41, 5.74) is 3.56. The Kier molecular flexibility index (Phi) is 2.45. The Morgan fingerprint density at radius 2 is 1.68 bits per heavy atom. The van der Waals surface area contributed by atoms with Crippen molar-refractivity contribution in [2.45, 2.75) is 13.8 Å². The first-order chi connectivity index (χ1) is 9.09. The molecule has 4 nitrogen and oxygen atoms in total. The second-order valence-corrected chi connectivity index (χ2v) is 4.64. The standard InChI is InChI=1S/C15H12N2O2/c1-9-3-4-11(7-10(9)2)17-14(18)12-5-6-16-8-13(12)15(17)19/h3-8H,1-2H3. The average molecular weight is 252 g/mol. The third kappa shape index (κ3) is 1.64. The van der Waals surface area contributed by atoms with Crippen molar-refractivity contribution in [1.82, 2.24) is 4.98 Å². The third-order valence-electron chi connectivity index (χ3n) is 3.44. The zero-order chi connectivity index (χ0) is 13.6. The number of aryl methyl sites for hydroxylation is 2. The maximum absolute atomic E-state index is 12.3. The highest BCUT2D eigenvalue weighted by atomic mass is 16.2. The molecule has 0 bridgehead atoms. The molecule has 0 saturated heterocycles. The van der Waals surface area contributed by atoms with Gasteiger partial charge in [-0.05, 0) is 43.2 Å². The van der Waals surface area contributed by atoms with Crippen LogP contribution in [-0.4, -0.2) is 16.8 Å². The lowest BCUT2D eigenvalue weighted by Crippen LogP contribution is -2.29. The molecule has 0 fully saturated rings. The predicted octanol–water partition coefficient (Wildman–Crippen LogP) is 2.50. The molecule has 0 spiro atoms. The van der Waals surface area contributed by atoms with Gasteiger partial charge in [0.05, 0.1) is 16.8 Å². The Morgan fingerprint density at radius 3 is 2.37 bits per heavy atom. The van der Waals surface area contributed by atoms with Gasteiger partial charge in [-0.3, -0.25) is 14.6 Å². The van der Waals surface area contributed by atoms with Gasteiger partial charge in [0.15, 0.2) is 0 Å². The fraction of sp³-hybridized carbons (Fsp3) is 0.133. The highest BCUT2D eigenvalue weighted by molar-refractivity contribution is 6.34. The van der Waals surface area contributed by atoms with Gasteiger partial charge in [0, 0.05) is 12.4 Å². The molecule has 2 heterocycles. The first-order valence-corrected chi connectivity index (χ1v) is 5.99. The molecule has 1 aliphatic rings. The molecule has 2 amide bonds. The molecule has 0 atom stereocenters. The minimum absolute atomic E-state index is 0.286. The molecule has 3 rings (SSSR count).